The van der Waals surface area contributed by atoms with Crippen LogP contribution >= 0.6 is 0 Å². The zero-order valence-electron chi connectivity index (χ0n) is 14.4. The molecule has 24 heavy (non-hydrogen) atoms. The molecular weight excluding hydrogens is 300 g/mol. The number of hydrogen-bond acceptors (Lipinski definition) is 4. The molecule has 3 aromatic rings. The molecule has 124 valence electrons. The Morgan fingerprint density at radius 1 is 1.21 bits per heavy atom. The monoisotopic (exact) mass is 322 g/mol. The average Bonchev–Trinajstić information content (AvgIpc) is 2.94. The molecule has 0 atom stereocenters. The van der Waals surface area contributed by atoms with Gasteiger partial charge in [-0.1, -0.05) is 0 Å². The molecule has 1 aromatic carbocycles. The van der Waals surface area contributed by atoms with Crippen molar-refractivity contribution in [1.29, 1.82) is 0 Å². The SMILES string of the molecule is COc1ccc2c(C)cc(N3CC(Cn4ccnc4C)C3)nc2c1. The molecule has 0 unspecified atom stereocenters. The normalized spacial score (nSPS) is 14.9. The second-order valence-electron chi connectivity index (χ2n) is 6.58. The number of anilines is 1. The van der Waals surface area contributed by atoms with E-state index in [-0.39, 0.29) is 0 Å². The molecule has 0 N–H and O–H groups in total. The molecule has 5 heteroatoms. The first-order valence-corrected chi connectivity index (χ1v) is 8.32. The Bertz CT molecular complexity index is 880. The van der Waals surface area contributed by atoms with Gasteiger partial charge in [0.15, 0.2) is 0 Å². The number of fused-ring (bicyclic) bond motifs is 1. The van der Waals surface area contributed by atoms with Crippen molar-refractivity contribution in [1.82, 2.24) is 14.5 Å². The van der Waals surface area contributed by atoms with Gasteiger partial charge in [-0.2, -0.15) is 0 Å². The van der Waals surface area contributed by atoms with E-state index in [1.165, 1.54) is 10.9 Å². The van der Waals surface area contributed by atoms with Crippen LogP contribution in [0.3, 0.4) is 0 Å². The number of pyridine rings is 1. The van der Waals surface area contributed by atoms with E-state index in [1.807, 2.05) is 18.3 Å². The summed E-state index contributed by atoms with van der Waals surface area (Å²) in [6.45, 7) is 7.31. The maximum Gasteiger partial charge on any atom is 0.129 e. The summed E-state index contributed by atoms with van der Waals surface area (Å²) in [6.07, 6.45) is 3.93. The summed E-state index contributed by atoms with van der Waals surface area (Å²) in [6, 6.07) is 8.27. The molecule has 3 heterocycles. The minimum Gasteiger partial charge on any atom is -0.497 e. The molecule has 0 amide bonds. The molecule has 4 rings (SSSR count). The van der Waals surface area contributed by atoms with Crippen molar-refractivity contribution in [3.8, 4) is 5.75 Å². The van der Waals surface area contributed by atoms with Gasteiger partial charge in [0, 0.05) is 49.4 Å². The number of ether oxygens (including phenoxy) is 1. The summed E-state index contributed by atoms with van der Waals surface area (Å²) < 4.78 is 7.56. The third-order valence-electron chi connectivity index (χ3n) is 4.87. The van der Waals surface area contributed by atoms with Crippen molar-refractivity contribution >= 4 is 16.7 Å². The van der Waals surface area contributed by atoms with Crippen molar-refractivity contribution in [3.05, 3.63) is 48.0 Å². The van der Waals surface area contributed by atoms with Crippen LogP contribution in [-0.4, -0.2) is 34.7 Å². The van der Waals surface area contributed by atoms with E-state index < -0.39 is 0 Å². The molecule has 1 fully saturated rings. The minimum atomic E-state index is 0.654. The van der Waals surface area contributed by atoms with Crippen LogP contribution in [-0.2, 0) is 6.54 Å². The predicted octanol–water partition coefficient (Wildman–Crippen LogP) is 3.19. The highest BCUT2D eigenvalue weighted by Crippen LogP contribution is 2.29. The number of aromatic nitrogens is 3. The summed E-state index contributed by atoms with van der Waals surface area (Å²) >= 11 is 0. The number of methoxy groups -OCH3 is 1. The fourth-order valence-corrected chi connectivity index (χ4v) is 3.40. The van der Waals surface area contributed by atoms with Gasteiger partial charge in [-0.25, -0.2) is 9.97 Å². The van der Waals surface area contributed by atoms with Crippen molar-refractivity contribution in [2.24, 2.45) is 5.92 Å². The topological polar surface area (TPSA) is 43.2 Å². The van der Waals surface area contributed by atoms with Gasteiger partial charge in [0.25, 0.3) is 0 Å². The van der Waals surface area contributed by atoms with Gasteiger partial charge in [0.05, 0.1) is 12.6 Å². The van der Waals surface area contributed by atoms with Gasteiger partial charge in [0.2, 0.25) is 0 Å². The van der Waals surface area contributed by atoms with Crippen LogP contribution in [0, 0.1) is 19.8 Å². The Labute approximate surface area is 141 Å². The van der Waals surface area contributed by atoms with E-state index in [1.54, 1.807) is 7.11 Å². The van der Waals surface area contributed by atoms with E-state index in [0.29, 0.717) is 5.92 Å². The first kappa shape index (κ1) is 15.0. The zero-order valence-corrected chi connectivity index (χ0v) is 14.4. The summed E-state index contributed by atoms with van der Waals surface area (Å²) in [5, 5.41) is 1.19. The van der Waals surface area contributed by atoms with Crippen LogP contribution in [0.5, 0.6) is 5.75 Å². The lowest BCUT2D eigenvalue weighted by Gasteiger charge is -2.40. The Morgan fingerprint density at radius 2 is 2.04 bits per heavy atom. The molecule has 0 bridgehead atoms. The van der Waals surface area contributed by atoms with Crippen LogP contribution in [0.4, 0.5) is 5.82 Å². The fourth-order valence-electron chi connectivity index (χ4n) is 3.40. The first-order valence-electron chi connectivity index (χ1n) is 8.32. The van der Waals surface area contributed by atoms with Gasteiger partial charge >= 0.3 is 0 Å². The van der Waals surface area contributed by atoms with E-state index in [0.717, 1.165) is 42.5 Å². The maximum atomic E-state index is 5.33. The molecule has 0 spiro atoms. The van der Waals surface area contributed by atoms with Crippen LogP contribution in [0.15, 0.2) is 36.7 Å². The standard InChI is InChI=1S/C19H22N4O/c1-13-8-19(21-18-9-16(24-3)4-5-17(13)18)23-11-15(12-23)10-22-7-6-20-14(22)2/h4-9,15H,10-12H2,1-3H3. The zero-order chi connectivity index (χ0) is 16.7. The van der Waals surface area contributed by atoms with Gasteiger partial charge in [-0.05, 0) is 37.6 Å². The number of nitrogens with zero attached hydrogens (tertiary/aromatic N) is 4. The summed E-state index contributed by atoms with van der Waals surface area (Å²) in [4.78, 5) is 11.5. The van der Waals surface area contributed by atoms with Gasteiger partial charge in [-0.3, -0.25) is 0 Å². The highest BCUT2D eigenvalue weighted by molar-refractivity contribution is 5.85. The summed E-state index contributed by atoms with van der Waals surface area (Å²) in [5.74, 6) is 3.65. The molecule has 1 saturated heterocycles. The van der Waals surface area contributed by atoms with E-state index in [9.17, 15) is 0 Å². The maximum absolute atomic E-state index is 5.33. The molecule has 1 aliphatic rings. The van der Waals surface area contributed by atoms with E-state index in [4.69, 9.17) is 9.72 Å². The average molecular weight is 322 g/mol. The molecule has 0 aliphatic carbocycles. The molecule has 0 saturated carbocycles. The minimum absolute atomic E-state index is 0.654. The van der Waals surface area contributed by atoms with Crippen molar-refractivity contribution < 1.29 is 4.74 Å². The molecule has 0 radical (unpaired) electrons. The fraction of sp³-hybridized carbons (Fsp3) is 0.368. The van der Waals surface area contributed by atoms with Gasteiger partial charge < -0.3 is 14.2 Å². The lowest BCUT2D eigenvalue weighted by molar-refractivity contribution is 0.352. The highest BCUT2D eigenvalue weighted by Gasteiger charge is 2.28. The lowest BCUT2D eigenvalue weighted by atomic mass is 9.99. The van der Waals surface area contributed by atoms with Crippen LogP contribution in [0.25, 0.3) is 10.9 Å². The predicted molar refractivity (Wildman–Crippen MR) is 95.7 cm³/mol. The highest BCUT2D eigenvalue weighted by atomic mass is 16.5. The molecular formula is C19H22N4O. The smallest absolute Gasteiger partial charge is 0.129 e. The molecule has 5 nitrogen and oxygen atoms in total. The van der Waals surface area contributed by atoms with Crippen molar-refractivity contribution in [2.45, 2.75) is 20.4 Å². The Morgan fingerprint density at radius 3 is 2.75 bits per heavy atom. The van der Waals surface area contributed by atoms with Crippen molar-refractivity contribution in [2.75, 3.05) is 25.1 Å². The van der Waals surface area contributed by atoms with Crippen molar-refractivity contribution in [3.63, 3.8) is 0 Å². The number of benzene rings is 1. The Hall–Kier alpha value is -2.56. The number of imidazole rings is 1. The molecule has 1 aliphatic heterocycles. The van der Waals surface area contributed by atoms with E-state index >= 15 is 0 Å². The van der Waals surface area contributed by atoms with E-state index in [2.05, 4.69) is 46.6 Å². The number of hydrogen-bond donors (Lipinski definition) is 0. The van der Waals surface area contributed by atoms with Gasteiger partial charge in [0.1, 0.15) is 17.4 Å². The quantitative estimate of drug-likeness (QED) is 0.740. The third-order valence-corrected chi connectivity index (χ3v) is 4.87. The summed E-state index contributed by atoms with van der Waals surface area (Å²) in [5.41, 5.74) is 2.25. The Kier molecular flexibility index (Phi) is 3.63. The van der Waals surface area contributed by atoms with Crippen LogP contribution in [0.1, 0.15) is 11.4 Å². The largest absolute Gasteiger partial charge is 0.497 e. The second kappa shape index (κ2) is 5.82. The second-order valence-corrected chi connectivity index (χ2v) is 6.58. The Balaban J connectivity index is 1.52. The first-order chi connectivity index (χ1) is 11.6. The van der Waals surface area contributed by atoms with Gasteiger partial charge in [-0.15, -0.1) is 0 Å². The lowest BCUT2D eigenvalue weighted by Crippen LogP contribution is -2.49. The summed E-state index contributed by atoms with van der Waals surface area (Å²) in [7, 11) is 1.69. The third kappa shape index (κ3) is 2.60. The molecule has 2 aromatic heterocycles. The van der Waals surface area contributed by atoms with Crippen LogP contribution < -0.4 is 9.64 Å². The number of rotatable bonds is 4. The number of aryl methyl sites for hydroxylation is 2. The van der Waals surface area contributed by atoms with Crippen LogP contribution in [0.2, 0.25) is 0 Å².